The lowest BCUT2D eigenvalue weighted by Gasteiger charge is -2.18. The Balaban J connectivity index is 1.43. The van der Waals surface area contributed by atoms with Gasteiger partial charge in [0.1, 0.15) is 18.9 Å². The average Bonchev–Trinajstić information content (AvgIpc) is 3.09. The fraction of sp³-hybridized carbons (Fsp3) is 0.158. The lowest BCUT2D eigenvalue weighted by atomic mass is 10.1. The number of carbonyl (C=O) groups excluding carboxylic acids is 2. The minimum Gasteiger partial charge on any atom is -0.486 e. The Hall–Kier alpha value is -3.28. The monoisotopic (exact) mass is 337 g/mol. The molecule has 4 rings (SSSR count). The van der Waals surface area contributed by atoms with Crippen molar-refractivity contribution >= 4 is 22.7 Å². The molecule has 1 aromatic heterocycles. The maximum Gasteiger partial charge on any atom is 0.355 e. The number of ether oxygens (including phenoxy) is 3. The van der Waals surface area contributed by atoms with Crippen molar-refractivity contribution < 1.29 is 23.8 Å². The summed E-state index contributed by atoms with van der Waals surface area (Å²) in [7, 11) is 0. The molecule has 0 saturated heterocycles. The molecule has 0 spiro atoms. The smallest absolute Gasteiger partial charge is 0.355 e. The van der Waals surface area contributed by atoms with Crippen LogP contribution < -0.4 is 9.47 Å². The van der Waals surface area contributed by atoms with Gasteiger partial charge in [-0.25, -0.2) is 4.79 Å². The fourth-order valence-corrected chi connectivity index (χ4v) is 2.69. The first-order chi connectivity index (χ1) is 12.2. The average molecular weight is 337 g/mol. The van der Waals surface area contributed by atoms with Crippen LogP contribution >= 0.6 is 0 Å². The number of aromatic amines is 1. The third-order valence-corrected chi connectivity index (χ3v) is 3.95. The minimum atomic E-state index is -0.568. The molecule has 3 aromatic rings. The Labute approximate surface area is 143 Å². The van der Waals surface area contributed by atoms with Crippen molar-refractivity contribution in [3.63, 3.8) is 0 Å². The van der Waals surface area contributed by atoms with Gasteiger partial charge in [-0.05, 0) is 30.3 Å². The molecule has 0 radical (unpaired) electrons. The fourth-order valence-electron chi connectivity index (χ4n) is 2.69. The van der Waals surface area contributed by atoms with E-state index in [2.05, 4.69) is 4.98 Å². The molecule has 0 atom stereocenters. The van der Waals surface area contributed by atoms with Crippen molar-refractivity contribution in [2.45, 2.75) is 0 Å². The highest BCUT2D eigenvalue weighted by molar-refractivity contribution is 6.00. The number of aromatic nitrogens is 1. The molecule has 1 aliphatic heterocycles. The first-order valence-corrected chi connectivity index (χ1v) is 7.88. The quantitative estimate of drug-likeness (QED) is 0.585. The van der Waals surface area contributed by atoms with E-state index in [4.69, 9.17) is 14.2 Å². The predicted molar refractivity (Wildman–Crippen MR) is 90.3 cm³/mol. The van der Waals surface area contributed by atoms with Crippen LogP contribution in [0, 0.1) is 0 Å². The molecule has 2 aromatic carbocycles. The zero-order valence-electron chi connectivity index (χ0n) is 13.3. The standard InChI is InChI=1S/C19H15NO5/c21-16(13-5-6-17-18(10-13)24-8-7-23-17)11-25-19(22)15-9-12-3-1-2-4-14(12)20-15/h1-6,9-10,20H,7-8,11H2. The maximum absolute atomic E-state index is 12.3. The Kier molecular flexibility index (Phi) is 3.85. The number of Topliss-reactive ketones (excluding diaryl/α,β-unsaturated/α-hetero) is 1. The minimum absolute atomic E-state index is 0.304. The summed E-state index contributed by atoms with van der Waals surface area (Å²) in [5.41, 5.74) is 1.57. The van der Waals surface area contributed by atoms with Gasteiger partial charge in [-0.2, -0.15) is 0 Å². The summed E-state index contributed by atoms with van der Waals surface area (Å²) in [5.74, 6) is 0.264. The highest BCUT2D eigenvalue weighted by atomic mass is 16.6. The van der Waals surface area contributed by atoms with Crippen LogP contribution in [-0.4, -0.2) is 36.6 Å². The topological polar surface area (TPSA) is 77.6 Å². The molecule has 0 saturated carbocycles. The van der Waals surface area contributed by atoms with Gasteiger partial charge in [0.2, 0.25) is 0 Å². The van der Waals surface area contributed by atoms with E-state index in [0.717, 1.165) is 10.9 Å². The van der Waals surface area contributed by atoms with Crippen LogP contribution in [0.1, 0.15) is 20.8 Å². The van der Waals surface area contributed by atoms with Crippen molar-refractivity contribution in [3.8, 4) is 11.5 Å². The van der Waals surface area contributed by atoms with Crippen molar-refractivity contribution in [2.24, 2.45) is 0 Å². The molecule has 126 valence electrons. The number of para-hydroxylation sites is 1. The van der Waals surface area contributed by atoms with Gasteiger partial charge in [0, 0.05) is 16.5 Å². The number of esters is 1. The van der Waals surface area contributed by atoms with Crippen LogP contribution in [0.4, 0.5) is 0 Å². The first-order valence-electron chi connectivity index (χ1n) is 7.88. The van der Waals surface area contributed by atoms with Gasteiger partial charge in [0.05, 0.1) is 0 Å². The van der Waals surface area contributed by atoms with Crippen molar-refractivity contribution in [1.29, 1.82) is 0 Å². The van der Waals surface area contributed by atoms with Crippen molar-refractivity contribution in [2.75, 3.05) is 19.8 Å². The summed E-state index contributed by atoms with van der Waals surface area (Å²) in [6.07, 6.45) is 0. The second kappa shape index (κ2) is 6.32. The predicted octanol–water partition coefficient (Wildman–Crippen LogP) is 2.98. The van der Waals surface area contributed by atoms with E-state index in [-0.39, 0.29) is 12.4 Å². The summed E-state index contributed by atoms with van der Waals surface area (Å²) in [6, 6.07) is 14.1. The molecule has 1 aliphatic rings. The molecule has 6 nitrogen and oxygen atoms in total. The number of rotatable bonds is 4. The van der Waals surface area contributed by atoms with Gasteiger partial charge >= 0.3 is 5.97 Å². The Morgan fingerprint density at radius 2 is 1.80 bits per heavy atom. The SMILES string of the molecule is O=C(COC(=O)c1cc2ccccc2[nH]1)c1ccc2c(c1)OCCO2. The first kappa shape index (κ1) is 15.3. The molecule has 1 N–H and O–H groups in total. The van der Waals surface area contributed by atoms with Crippen LogP contribution in [0.25, 0.3) is 10.9 Å². The Morgan fingerprint density at radius 1 is 1.00 bits per heavy atom. The summed E-state index contributed by atoms with van der Waals surface area (Å²) >= 11 is 0. The third-order valence-electron chi connectivity index (χ3n) is 3.95. The van der Waals surface area contributed by atoms with E-state index in [9.17, 15) is 9.59 Å². The molecule has 25 heavy (non-hydrogen) atoms. The van der Waals surface area contributed by atoms with Gasteiger partial charge in [0.25, 0.3) is 0 Å². The van der Waals surface area contributed by atoms with E-state index in [1.54, 1.807) is 24.3 Å². The van der Waals surface area contributed by atoms with E-state index in [0.29, 0.717) is 36.0 Å². The number of H-pyrrole nitrogens is 1. The van der Waals surface area contributed by atoms with E-state index in [1.807, 2.05) is 24.3 Å². The normalized spacial score (nSPS) is 12.8. The lowest BCUT2D eigenvalue weighted by molar-refractivity contribution is 0.0469. The maximum atomic E-state index is 12.3. The van der Waals surface area contributed by atoms with Crippen LogP contribution in [0.15, 0.2) is 48.5 Å². The van der Waals surface area contributed by atoms with Crippen LogP contribution in [0.2, 0.25) is 0 Å². The molecule has 0 fully saturated rings. The number of hydrogen-bond acceptors (Lipinski definition) is 5. The number of hydrogen-bond donors (Lipinski definition) is 1. The number of carbonyl (C=O) groups is 2. The zero-order chi connectivity index (χ0) is 17.2. The van der Waals surface area contributed by atoms with Crippen LogP contribution in [0.3, 0.4) is 0 Å². The summed E-state index contributed by atoms with van der Waals surface area (Å²) < 4.78 is 16.0. The molecule has 0 unspecified atom stereocenters. The van der Waals surface area contributed by atoms with Crippen molar-refractivity contribution in [1.82, 2.24) is 4.98 Å². The Morgan fingerprint density at radius 3 is 2.64 bits per heavy atom. The van der Waals surface area contributed by atoms with Gasteiger partial charge in [-0.1, -0.05) is 18.2 Å². The van der Waals surface area contributed by atoms with E-state index in [1.165, 1.54) is 0 Å². The lowest BCUT2D eigenvalue weighted by Crippen LogP contribution is -2.17. The second-order valence-electron chi connectivity index (χ2n) is 5.63. The zero-order valence-corrected chi connectivity index (χ0v) is 13.3. The largest absolute Gasteiger partial charge is 0.486 e. The van der Waals surface area contributed by atoms with Gasteiger partial charge < -0.3 is 19.2 Å². The van der Waals surface area contributed by atoms with Crippen LogP contribution in [-0.2, 0) is 4.74 Å². The second-order valence-corrected chi connectivity index (χ2v) is 5.63. The number of fused-ring (bicyclic) bond motifs is 2. The van der Waals surface area contributed by atoms with E-state index < -0.39 is 5.97 Å². The van der Waals surface area contributed by atoms with Gasteiger partial charge in [-0.3, -0.25) is 4.79 Å². The summed E-state index contributed by atoms with van der Waals surface area (Å²) in [5, 5.41) is 0.910. The number of nitrogens with one attached hydrogen (secondary N) is 1. The number of ketones is 1. The van der Waals surface area contributed by atoms with Gasteiger partial charge in [-0.15, -0.1) is 0 Å². The molecule has 2 heterocycles. The molecule has 0 aliphatic carbocycles. The molecule has 6 heteroatoms. The number of benzene rings is 2. The molecular formula is C19H15NO5. The van der Waals surface area contributed by atoms with E-state index >= 15 is 0 Å². The molecule has 0 bridgehead atoms. The van der Waals surface area contributed by atoms with Crippen LogP contribution in [0.5, 0.6) is 11.5 Å². The summed E-state index contributed by atoms with van der Waals surface area (Å²) in [4.78, 5) is 27.4. The molecular weight excluding hydrogens is 322 g/mol. The highest BCUT2D eigenvalue weighted by Crippen LogP contribution is 2.30. The summed E-state index contributed by atoms with van der Waals surface area (Å²) in [6.45, 7) is 0.594. The van der Waals surface area contributed by atoms with Crippen molar-refractivity contribution in [3.05, 3.63) is 59.8 Å². The Bertz CT molecular complexity index is 926. The highest BCUT2D eigenvalue weighted by Gasteiger charge is 2.17. The molecule has 0 amide bonds. The van der Waals surface area contributed by atoms with Gasteiger partial charge in [0.15, 0.2) is 23.9 Å². The third kappa shape index (κ3) is 3.06.